The molecular formula is C10H16N2OS. The monoisotopic (exact) mass is 212 g/mol. The van der Waals surface area contributed by atoms with Gasteiger partial charge in [-0.05, 0) is 19.3 Å². The molecule has 1 unspecified atom stereocenters. The van der Waals surface area contributed by atoms with Crippen LogP contribution in [-0.4, -0.2) is 29.3 Å². The highest BCUT2D eigenvalue weighted by Crippen LogP contribution is 2.28. The van der Waals surface area contributed by atoms with Crippen molar-refractivity contribution in [2.24, 2.45) is 0 Å². The zero-order valence-corrected chi connectivity index (χ0v) is 9.26. The molecule has 0 radical (unpaired) electrons. The Bertz CT molecular complexity index is 300. The minimum absolute atomic E-state index is 0.251. The van der Waals surface area contributed by atoms with E-state index < -0.39 is 0 Å². The van der Waals surface area contributed by atoms with Crippen LogP contribution in [0.15, 0.2) is 5.38 Å². The Kier molecular flexibility index (Phi) is 3.03. The third-order valence-corrected chi connectivity index (χ3v) is 3.66. The molecule has 2 rings (SSSR count). The summed E-state index contributed by atoms with van der Waals surface area (Å²) in [4.78, 5) is 6.78. The fraction of sp³-hybridized carbons (Fsp3) is 0.700. The molecule has 1 aromatic heterocycles. The second-order valence-electron chi connectivity index (χ2n) is 3.65. The first kappa shape index (κ1) is 9.93. The molecule has 0 aliphatic carbocycles. The van der Waals surface area contributed by atoms with Crippen LogP contribution in [0, 0.1) is 0 Å². The van der Waals surface area contributed by atoms with Crippen LogP contribution in [0.5, 0.6) is 0 Å². The Hall–Kier alpha value is -0.610. The van der Waals surface area contributed by atoms with Gasteiger partial charge in [0.25, 0.3) is 0 Å². The summed E-state index contributed by atoms with van der Waals surface area (Å²) in [5.41, 5.74) is 1.16. The van der Waals surface area contributed by atoms with Gasteiger partial charge in [-0.1, -0.05) is 6.92 Å². The highest BCUT2D eigenvalue weighted by molar-refractivity contribution is 7.13. The molecule has 1 aliphatic rings. The Morgan fingerprint density at radius 1 is 1.71 bits per heavy atom. The van der Waals surface area contributed by atoms with Crippen molar-refractivity contribution in [1.82, 2.24) is 4.98 Å². The van der Waals surface area contributed by atoms with Gasteiger partial charge < -0.3 is 10.0 Å². The number of hydrogen-bond acceptors (Lipinski definition) is 4. The van der Waals surface area contributed by atoms with Crippen LogP contribution in [0.3, 0.4) is 0 Å². The molecule has 1 N–H and O–H groups in total. The maximum Gasteiger partial charge on any atom is 0.185 e. The molecule has 1 saturated heterocycles. The molecule has 0 amide bonds. The second-order valence-corrected chi connectivity index (χ2v) is 4.48. The van der Waals surface area contributed by atoms with Gasteiger partial charge >= 0.3 is 0 Å². The lowest BCUT2D eigenvalue weighted by Crippen LogP contribution is -2.31. The van der Waals surface area contributed by atoms with Crippen molar-refractivity contribution in [3.63, 3.8) is 0 Å². The molecule has 1 atom stereocenters. The number of nitrogens with zero attached hydrogens (tertiary/aromatic N) is 2. The number of aromatic nitrogens is 1. The van der Waals surface area contributed by atoms with E-state index >= 15 is 0 Å². The van der Waals surface area contributed by atoms with Gasteiger partial charge in [-0.25, -0.2) is 4.98 Å². The van der Waals surface area contributed by atoms with Gasteiger partial charge in [0.15, 0.2) is 5.13 Å². The summed E-state index contributed by atoms with van der Waals surface area (Å²) < 4.78 is 0. The summed E-state index contributed by atoms with van der Waals surface area (Å²) in [6.45, 7) is 3.41. The van der Waals surface area contributed by atoms with E-state index in [1.807, 2.05) is 0 Å². The third-order valence-electron chi connectivity index (χ3n) is 2.74. The van der Waals surface area contributed by atoms with Crippen molar-refractivity contribution in [2.45, 2.75) is 32.2 Å². The molecule has 0 bridgehead atoms. The average Bonchev–Trinajstić information content (AvgIpc) is 2.85. The summed E-state index contributed by atoms with van der Waals surface area (Å²) in [7, 11) is 0. The van der Waals surface area contributed by atoms with Crippen LogP contribution in [0.2, 0.25) is 0 Å². The van der Waals surface area contributed by atoms with Crippen molar-refractivity contribution in [1.29, 1.82) is 0 Å². The van der Waals surface area contributed by atoms with Crippen molar-refractivity contribution >= 4 is 16.5 Å². The Morgan fingerprint density at radius 3 is 3.21 bits per heavy atom. The van der Waals surface area contributed by atoms with Crippen molar-refractivity contribution in [3.05, 3.63) is 11.1 Å². The Balaban J connectivity index is 2.13. The SMILES string of the molecule is CCc1csc(N2CCCC2CO)n1. The van der Waals surface area contributed by atoms with Crippen molar-refractivity contribution < 1.29 is 5.11 Å². The molecular weight excluding hydrogens is 196 g/mol. The number of hydrogen-bond donors (Lipinski definition) is 1. The van der Waals surface area contributed by atoms with E-state index in [0.29, 0.717) is 6.04 Å². The Labute approximate surface area is 88.4 Å². The molecule has 1 aliphatic heterocycles. The first-order valence-corrected chi connectivity index (χ1v) is 6.05. The predicted octanol–water partition coefficient (Wildman–Crippen LogP) is 1.67. The predicted molar refractivity (Wildman–Crippen MR) is 58.9 cm³/mol. The molecule has 0 aromatic carbocycles. The molecule has 1 aromatic rings. The lowest BCUT2D eigenvalue weighted by molar-refractivity contribution is 0.266. The van der Waals surface area contributed by atoms with Gasteiger partial charge in [-0.3, -0.25) is 0 Å². The lowest BCUT2D eigenvalue weighted by Gasteiger charge is -2.21. The van der Waals surface area contributed by atoms with Crippen LogP contribution in [0.1, 0.15) is 25.5 Å². The molecule has 14 heavy (non-hydrogen) atoms. The van der Waals surface area contributed by atoms with Crippen LogP contribution >= 0.6 is 11.3 Å². The van der Waals surface area contributed by atoms with Gasteiger partial charge in [0.1, 0.15) is 0 Å². The number of aliphatic hydroxyl groups is 1. The third kappa shape index (κ3) is 1.77. The normalized spacial score (nSPS) is 21.9. The summed E-state index contributed by atoms with van der Waals surface area (Å²) in [6, 6.07) is 0.297. The van der Waals surface area contributed by atoms with Gasteiger partial charge in [-0.2, -0.15) is 0 Å². The zero-order chi connectivity index (χ0) is 9.97. The van der Waals surface area contributed by atoms with E-state index in [-0.39, 0.29) is 6.61 Å². The summed E-state index contributed by atoms with van der Waals surface area (Å²) in [6.07, 6.45) is 3.26. The number of rotatable bonds is 3. The number of aliphatic hydroxyl groups excluding tert-OH is 1. The Morgan fingerprint density at radius 2 is 2.57 bits per heavy atom. The minimum Gasteiger partial charge on any atom is -0.394 e. The van der Waals surface area contributed by atoms with Gasteiger partial charge in [0.05, 0.1) is 18.3 Å². The maximum atomic E-state index is 9.20. The van der Waals surface area contributed by atoms with E-state index in [4.69, 9.17) is 0 Å². The average molecular weight is 212 g/mol. The van der Waals surface area contributed by atoms with Crippen LogP contribution in [-0.2, 0) is 6.42 Å². The molecule has 1 fully saturated rings. The van der Waals surface area contributed by atoms with E-state index in [2.05, 4.69) is 22.2 Å². The quantitative estimate of drug-likeness (QED) is 0.828. The smallest absolute Gasteiger partial charge is 0.185 e. The molecule has 4 heteroatoms. The lowest BCUT2D eigenvalue weighted by atomic mass is 10.2. The van der Waals surface area contributed by atoms with Gasteiger partial charge in [-0.15, -0.1) is 11.3 Å². The molecule has 0 saturated carbocycles. The fourth-order valence-electron chi connectivity index (χ4n) is 1.87. The first-order valence-electron chi connectivity index (χ1n) is 5.17. The maximum absolute atomic E-state index is 9.20. The number of thiazole rings is 1. The minimum atomic E-state index is 0.251. The van der Waals surface area contributed by atoms with Crippen LogP contribution in [0.4, 0.5) is 5.13 Å². The van der Waals surface area contributed by atoms with Crippen molar-refractivity contribution in [2.75, 3.05) is 18.1 Å². The largest absolute Gasteiger partial charge is 0.394 e. The van der Waals surface area contributed by atoms with Crippen LogP contribution < -0.4 is 4.90 Å². The number of aryl methyl sites for hydroxylation is 1. The molecule has 0 spiro atoms. The summed E-state index contributed by atoms with van der Waals surface area (Å²) >= 11 is 1.69. The van der Waals surface area contributed by atoms with Crippen LogP contribution in [0.25, 0.3) is 0 Å². The van der Waals surface area contributed by atoms with E-state index in [9.17, 15) is 5.11 Å². The fourth-order valence-corrected chi connectivity index (χ4v) is 2.87. The summed E-state index contributed by atoms with van der Waals surface area (Å²) in [5, 5.41) is 12.4. The highest BCUT2D eigenvalue weighted by Gasteiger charge is 2.25. The van der Waals surface area contributed by atoms with Gasteiger partial charge in [0, 0.05) is 11.9 Å². The molecule has 78 valence electrons. The standard InChI is InChI=1S/C10H16N2OS/c1-2-8-7-14-10(11-8)12-5-3-4-9(12)6-13/h7,9,13H,2-6H2,1H3. The molecule has 3 nitrogen and oxygen atoms in total. The molecule has 2 heterocycles. The summed E-state index contributed by atoms with van der Waals surface area (Å²) in [5.74, 6) is 0. The first-order chi connectivity index (χ1) is 6.85. The van der Waals surface area contributed by atoms with E-state index in [0.717, 1.165) is 30.2 Å². The van der Waals surface area contributed by atoms with E-state index in [1.165, 1.54) is 6.42 Å². The highest BCUT2D eigenvalue weighted by atomic mass is 32.1. The topological polar surface area (TPSA) is 36.4 Å². The van der Waals surface area contributed by atoms with Gasteiger partial charge in [0.2, 0.25) is 0 Å². The van der Waals surface area contributed by atoms with E-state index in [1.54, 1.807) is 11.3 Å². The second kappa shape index (κ2) is 4.28. The van der Waals surface area contributed by atoms with Crippen molar-refractivity contribution in [3.8, 4) is 0 Å². The number of anilines is 1. The zero-order valence-electron chi connectivity index (χ0n) is 8.44.